The maximum Gasteiger partial charge on any atom is 0.233 e. The number of aryl methyl sites for hydroxylation is 3. The van der Waals surface area contributed by atoms with E-state index >= 15 is 0 Å². The van der Waals surface area contributed by atoms with Crippen LogP contribution in [0.2, 0.25) is 0 Å². The average molecular weight is 304 g/mol. The van der Waals surface area contributed by atoms with Crippen LogP contribution >= 0.6 is 15.9 Å². The van der Waals surface area contributed by atoms with Crippen LogP contribution in [0.3, 0.4) is 0 Å². The number of halogens is 1. The molecule has 0 saturated carbocycles. The molecule has 1 aliphatic rings. The Bertz CT molecular complexity index is 595. The van der Waals surface area contributed by atoms with E-state index in [1.165, 1.54) is 24.0 Å². The van der Waals surface area contributed by atoms with Gasteiger partial charge in [0.15, 0.2) is 0 Å². The summed E-state index contributed by atoms with van der Waals surface area (Å²) in [6.45, 7) is 2.01. The average Bonchev–Trinajstić information content (AvgIpc) is 2.80. The monoisotopic (exact) mass is 303 g/mol. The molecule has 0 atom stereocenters. The lowest BCUT2D eigenvalue weighted by molar-refractivity contribution is 0.459. The first kappa shape index (κ1) is 11.7. The fraction of sp³-hybridized carbons (Fsp3) is 0.267. The quantitative estimate of drug-likeness (QED) is 0.818. The summed E-state index contributed by atoms with van der Waals surface area (Å²) in [5, 5.41) is 0. The van der Waals surface area contributed by atoms with Gasteiger partial charge in [-0.05, 0) is 77.0 Å². The minimum Gasteiger partial charge on any atom is -0.438 e. The van der Waals surface area contributed by atoms with Gasteiger partial charge in [0.25, 0.3) is 0 Å². The second-order valence-corrected chi connectivity index (χ2v) is 5.54. The van der Waals surface area contributed by atoms with Gasteiger partial charge in [-0.3, -0.25) is 0 Å². The molecule has 1 aliphatic carbocycles. The molecule has 1 aromatic carbocycles. The Morgan fingerprint density at radius 1 is 1.17 bits per heavy atom. The first-order valence-electron chi connectivity index (χ1n) is 6.14. The van der Waals surface area contributed by atoms with E-state index in [2.05, 4.69) is 33.0 Å². The van der Waals surface area contributed by atoms with E-state index in [1.54, 1.807) is 0 Å². The molecular formula is C15H14BrNO. The molecule has 0 unspecified atom stereocenters. The van der Waals surface area contributed by atoms with Gasteiger partial charge in [0.05, 0.1) is 4.47 Å². The highest BCUT2D eigenvalue weighted by Crippen LogP contribution is 2.31. The SMILES string of the molecule is Cc1cnc(Oc2ccc3c(c2)CCC3)c(Br)c1. The fourth-order valence-electron chi connectivity index (χ4n) is 2.32. The highest BCUT2D eigenvalue weighted by molar-refractivity contribution is 9.10. The van der Waals surface area contributed by atoms with Crippen molar-refractivity contribution < 1.29 is 4.74 Å². The normalized spacial score (nSPS) is 13.4. The minimum atomic E-state index is 0.624. The molecule has 3 rings (SSSR count). The number of fused-ring (bicyclic) bond motifs is 1. The predicted molar refractivity (Wildman–Crippen MR) is 75.2 cm³/mol. The van der Waals surface area contributed by atoms with Crippen LogP contribution in [-0.4, -0.2) is 4.98 Å². The summed E-state index contributed by atoms with van der Waals surface area (Å²) >= 11 is 3.48. The Kier molecular flexibility index (Phi) is 3.08. The molecule has 1 heterocycles. The zero-order chi connectivity index (χ0) is 12.5. The van der Waals surface area contributed by atoms with E-state index in [1.807, 2.05) is 25.3 Å². The van der Waals surface area contributed by atoms with Crippen molar-refractivity contribution in [3.63, 3.8) is 0 Å². The molecule has 0 fully saturated rings. The van der Waals surface area contributed by atoms with Crippen molar-refractivity contribution in [1.82, 2.24) is 4.98 Å². The minimum absolute atomic E-state index is 0.624. The summed E-state index contributed by atoms with van der Waals surface area (Å²) < 4.78 is 6.72. The summed E-state index contributed by atoms with van der Waals surface area (Å²) in [4.78, 5) is 4.30. The Labute approximate surface area is 115 Å². The lowest BCUT2D eigenvalue weighted by Gasteiger charge is -2.08. The van der Waals surface area contributed by atoms with Crippen molar-refractivity contribution in [3.05, 3.63) is 51.6 Å². The van der Waals surface area contributed by atoms with Crippen LogP contribution in [0.5, 0.6) is 11.6 Å². The molecule has 1 aromatic heterocycles. The molecule has 0 amide bonds. The second-order valence-electron chi connectivity index (χ2n) is 4.69. The molecule has 2 nitrogen and oxygen atoms in total. The molecule has 3 heteroatoms. The van der Waals surface area contributed by atoms with E-state index < -0.39 is 0 Å². The zero-order valence-corrected chi connectivity index (χ0v) is 11.8. The lowest BCUT2D eigenvalue weighted by atomic mass is 10.1. The molecular weight excluding hydrogens is 290 g/mol. The van der Waals surface area contributed by atoms with Crippen LogP contribution in [0.1, 0.15) is 23.1 Å². The Balaban J connectivity index is 1.88. The Morgan fingerprint density at radius 2 is 2.00 bits per heavy atom. The Morgan fingerprint density at radius 3 is 2.83 bits per heavy atom. The van der Waals surface area contributed by atoms with Crippen LogP contribution in [0.25, 0.3) is 0 Å². The first-order valence-corrected chi connectivity index (χ1v) is 6.93. The molecule has 92 valence electrons. The maximum absolute atomic E-state index is 5.83. The van der Waals surface area contributed by atoms with Crippen molar-refractivity contribution in [2.75, 3.05) is 0 Å². The molecule has 2 aromatic rings. The summed E-state index contributed by atoms with van der Waals surface area (Å²) in [6, 6.07) is 8.34. The predicted octanol–water partition coefficient (Wildman–Crippen LogP) is 4.43. The summed E-state index contributed by atoms with van der Waals surface area (Å²) in [5.41, 5.74) is 3.98. The standard InChI is InChI=1S/C15H14BrNO/c1-10-7-14(16)15(17-9-10)18-13-6-5-11-3-2-4-12(11)8-13/h5-9H,2-4H2,1H3. The van der Waals surface area contributed by atoms with E-state index in [0.717, 1.165) is 22.2 Å². The van der Waals surface area contributed by atoms with Gasteiger partial charge in [0.1, 0.15) is 5.75 Å². The number of rotatable bonds is 2. The zero-order valence-electron chi connectivity index (χ0n) is 10.2. The van der Waals surface area contributed by atoms with E-state index in [-0.39, 0.29) is 0 Å². The van der Waals surface area contributed by atoms with Gasteiger partial charge >= 0.3 is 0 Å². The van der Waals surface area contributed by atoms with E-state index in [0.29, 0.717) is 5.88 Å². The third-order valence-corrected chi connectivity index (χ3v) is 3.80. The lowest BCUT2D eigenvalue weighted by Crippen LogP contribution is -1.91. The third kappa shape index (κ3) is 2.27. The van der Waals surface area contributed by atoms with Crippen molar-refractivity contribution >= 4 is 15.9 Å². The Hall–Kier alpha value is -1.35. The van der Waals surface area contributed by atoms with Crippen LogP contribution in [0, 0.1) is 6.92 Å². The first-order chi connectivity index (χ1) is 8.72. The van der Waals surface area contributed by atoms with Gasteiger partial charge in [-0.1, -0.05) is 6.07 Å². The highest BCUT2D eigenvalue weighted by Gasteiger charge is 2.12. The van der Waals surface area contributed by atoms with Gasteiger partial charge in [-0.15, -0.1) is 0 Å². The van der Waals surface area contributed by atoms with Crippen molar-refractivity contribution in [2.45, 2.75) is 26.2 Å². The van der Waals surface area contributed by atoms with E-state index in [9.17, 15) is 0 Å². The largest absolute Gasteiger partial charge is 0.438 e. The summed E-state index contributed by atoms with van der Waals surface area (Å²) in [6.07, 6.45) is 5.43. The van der Waals surface area contributed by atoms with Gasteiger partial charge in [0.2, 0.25) is 5.88 Å². The number of aromatic nitrogens is 1. The van der Waals surface area contributed by atoms with Crippen molar-refractivity contribution in [2.24, 2.45) is 0 Å². The highest BCUT2D eigenvalue weighted by atomic mass is 79.9. The molecule has 18 heavy (non-hydrogen) atoms. The van der Waals surface area contributed by atoms with Gasteiger partial charge in [0, 0.05) is 6.20 Å². The number of benzene rings is 1. The van der Waals surface area contributed by atoms with Crippen molar-refractivity contribution in [3.8, 4) is 11.6 Å². The van der Waals surface area contributed by atoms with Crippen LogP contribution < -0.4 is 4.74 Å². The fourth-order valence-corrected chi connectivity index (χ4v) is 2.86. The molecule has 0 radical (unpaired) electrons. The molecule has 0 spiro atoms. The van der Waals surface area contributed by atoms with Gasteiger partial charge < -0.3 is 4.74 Å². The number of hydrogen-bond donors (Lipinski definition) is 0. The number of hydrogen-bond acceptors (Lipinski definition) is 2. The maximum atomic E-state index is 5.83. The van der Waals surface area contributed by atoms with Gasteiger partial charge in [-0.25, -0.2) is 4.98 Å². The number of ether oxygens (including phenoxy) is 1. The summed E-state index contributed by atoms with van der Waals surface area (Å²) in [5.74, 6) is 1.49. The third-order valence-electron chi connectivity index (χ3n) is 3.23. The van der Waals surface area contributed by atoms with E-state index in [4.69, 9.17) is 4.74 Å². The van der Waals surface area contributed by atoms with Crippen molar-refractivity contribution in [1.29, 1.82) is 0 Å². The van der Waals surface area contributed by atoms with Crippen LogP contribution in [-0.2, 0) is 12.8 Å². The topological polar surface area (TPSA) is 22.1 Å². The number of pyridine rings is 1. The van der Waals surface area contributed by atoms with Crippen LogP contribution in [0.15, 0.2) is 34.9 Å². The molecule has 0 N–H and O–H groups in total. The van der Waals surface area contributed by atoms with Gasteiger partial charge in [-0.2, -0.15) is 0 Å². The molecule has 0 aliphatic heterocycles. The summed E-state index contributed by atoms with van der Waals surface area (Å²) in [7, 11) is 0. The smallest absolute Gasteiger partial charge is 0.233 e. The number of nitrogens with zero attached hydrogens (tertiary/aromatic N) is 1. The molecule has 0 saturated heterocycles. The molecule has 0 bridgehead atoms. The second kappa shape index (κ2) is 4.73. The van der Waals surface area contributed by atoms with Crippen LogP contribution in [0.4, 0.5) is 0 Å².